The molecule has 1 fully saturated rings. The number of hydrogen-bond donors (Lipinski definition) is 2. The van der Waals surface area contributed by atoms with Gasteiger partial charge in [-0.15, -0.1) is 12.4 Å². The number of carbonyl (C=O) groups excluding carboxylic acids is 1. The zero-order valence-electron chi connectivity index (χ0n) is 11.0. The number of nitro benzene ring substituents is 1. The van der Waals surface area contributed by atoms with E-state index in [1.807, 2.05) is 0 Å². The van der Waals surface area contributed by atoms with Crippen molar-refractivity contribution >= 4 is 24.0 Å². The Kier molecular flexibility index (Phi) is 5.91. The molecule has 1 saturated carbocycles. The predicted molar refractivity (Wildman–Crippen MR) is 77.8 cm³/mol. The fourth-order valence-corrected chi connectivity index (χ4v) is 2.00. The lowest BCUT2D eigenvalue weighted by molar-refractivity contribution is -0.385. The van der Waals surface area contributed by atoms with Gasteiger partial charge in [-0.05, 0) is 18.8 Å². The maximum atomic E-state index is 11.7. The van der Waals surface area contributed by atoms with Gasteiger partial charge in [-0.3, -0.25) is 14.9 Å². The van der Waals surface area contributed by atoms with Crippen molar-refractivity contribution in [2.75, 3.05) is 6.54 Å². The molecular formula is C13H18ClN3O3. The lowest BCUT2D eigenvalue weighted by Crippen LogP contribution is -2.39. The Morgan fingerprint density at radius 2 is 2.10 bits per heavy atom. The third kappa shape index (κ3) is 4.47. The largest absolute Gasteiger partial charge is 0.354 e. The topological polar surface area (TPSA) is 98.3 Å². The second kappa shape index (κ2) is 7.21. The highest BCUT2D eigenvalue weighted by Gasteiger charge is 2.28. The minimum atomic E-state index is -0.474. The van der Waals surface area contributed by atoms with Crippen molar-refractivity contribution in [3.8, 4) is 0 Å². The van der Waals surface area contributed by atoms with Crippen LogP contribution in [-0.2, 0) is 11.2 Å². The van der Waals surface area contributed by atoms with Crippen molar-refractivity contribution in [1.82, 2.24) is 5.32 Å². The molecule has 0 aromatic heterocycles. The summed E-state index contributed by atoms with van der Waals surface area (Å²) >= 11 is 0. The van der Waals surface area contributed by atoms with Crippen molar-refractivity contribution in [1.29, 1.82) is 0 Å². The molecule has 0 spiro atoms. The number of hydrogen-bond acceptors (Lipinski definition) is 4. The standard InChI is InChI=1S/C13H17N3O3.ClH/c14-11(9-5-6-9)8-15-13(17)7-10-3-1-2-4-12(10)16(18)19;/h1-4,9,11H,5-8,14H2,(H,15,17);1H. The Labute approximate surface area is 123 Å². The van der Waals surface area contributed by atoms with Gasteiger partial charge >= 0.3 is 0 Å². The van der Waals surface area contributed by atoms with Gasteiger partial charge < -0.3 is 11.1 Å². The highest BCUT2D eigenvalue weighted by molar-refractivity contribution is 5.85. The van der Waals surface area contributed by atoms with Gasteiger partial charge in [0.15, 0.2) is 0 Å². The smallest absolute Gasteiger partial charge is 0.273 e. The van der Waals surface area contributed by atoms with Gasteiger partial charge in [0.05, 0.1) is 11.3 Å². The molecule has 6 nitrogen and oxygen atoms in total. The van der Waals surface area contributed by atoms with Gasteiger partial charge in [0.25, 0.3) is 5.69 Å². The van der Waals surface area contributed by atoms with Crippen LogP contribution < -0.4 is 11.1 Å². The van der Waals surface area contributed by atoms with Gasteiger partial charge in [-0.1, -0.05) is 18.2 Å². The molecule has 1 aromatic rings. The SMILES string of the molecule is Cl.NC(CNC(=O)Cc1ccccc1[N+](=O)[O-])C1CC1. The number of nitrogens with one attached hydrogen (secondary N) is 1. The summed E-state index contributed by atoms with van der Waals surface area (Å²) in [6.45, 7) is 0.435. The van der Waals surface area contributed by atoms with Crippen molar-refractivity contribution in [2.45, 2.75) is 25.3 Å². The molecule has 3 N–H and O–H groups in total. The zero-order chi connectivity index (χ0) is 13.8. The third-order valence-electron chi connectivity index (χ3n) is 3.30. The van der Waals surface area contributed by atoms with Gasteiger partial charge in [0.1, 0.15) is 0 Å². The normalized spacial score (nSPS) is 15.1. The first-order chi connectivity index (χ1) is 9.08. The quantitative estimate of drug-likeness (QED) is 0.613. The first kappa shape index (κ1) is 16.4. The average molecular weight is 300 g/mol. The van der Waals surface area contributed by atoms with Crippen LogP contribution >= 0.6 is 12.4 Å². The summed E-state index contributed by atoms with van der Waals surface area (Å²) in [4.78, 5) is 22.1. The molecule has 1 aromatic carbocycles. The van der Waals surface area contributed by atoms with E-state index in [9.17, 15) is 14.9 Å². The van der Waals surface area contributed by atoms with Crippen LogP contribution in [0.15, 0.2) is 24.3 Å². The molecule has 0 aliphatic heterocycles. The molecule has 1 atom stereocenters. The van der Waals surface area contributed by atoms with E-state index < -0.39 is 4.92 Å². The minimum absolute atomic E-state index is 0. The van der Waals surface area contributed by atoms with Crippen molar-refractivity contribution in [3.05, 3.63) is 39.9 Å². The third-order valence-corrected chi connectivity index (χ3v) is 3.30. The van der Waals surface area contributed by atoms with Gasteiger partial charge in [-0.25, -0.2) is 0 Å². The number of nitrogens with zero attached hydrogens (tertiary/aromatic N) is 1. The van der Waals surface area contributed by atoms with Crippen LogP contribution in [0.5, 0.6) is 0 Å². The fraction of sp³-hybridized carbons (Fsp3) is 0.462. The maximum Gasteiger partial charge on any atom is 0.273 e. The van der Waals surface area contributed by atoms with Crippen LogP contribution in [0, 0.1) is 16.0 Å². The van der Waals surface area contributed by atoms with Crippen molar-refractivity contribution in [3.63, 3.8) is 0 Å². The van der Waals surface area contributed by atoms with Crippen LogP contribution in [0.3, 0.4) is 0 Å². The van der Waals surface area contributed by atoms with E-state index >= 15 is 0 Å². The molecule has 0 heterocycles. The Hall–Kier alpha value is -1.66. The summed E-state index contributed by atoms with van der Waals surface area (Å²) in [6, 6.07) is 6.26. The first-order valence-corrected chi connectivity index (χ1v) is 6.32. The lowest BCUT2D eigenvalue weighted by atomic mass is 10.1. The number of para-hydroxylation sites is 1. The highest BCUT2D eigenvalue weighted by Crippen LogP contribution is 2.31. The summed E-state index contributed by atoms with van der Waals surface area (Å²) in [6.07, 6.45) is 2.26. The van der Waals surface area contributed by atoms with E-state index in [1.165, 1.54) is 6.07 Å². The van der Waals surface area contributed by atoms with E-state index in [0.29, 0.717) is 18.0 Å². The number of benzene rings is 1. The molecule has 0 saturated heterocycles. The van der Waals surface area contributed by atoms with E-state index in [2.05, 4.69) is 5.32 Å². The number of nitrogens with two attached hydrogens (primary N) is 1. The summed E-state index contributed by atoms with van der Waals surface area (Å²) in [5.74, 6) is 0.289. The second-order valence-electron chi connectivity index (χ2n) is 4.87. The van der Waals surface area contributed by atoms with Gasteiger partial charge in [0, 0.05) is 24.2 Å². The maximum absolute atomic E-state index is 11.7. The Morgan fingerprint density at radius 3 is 2.70 bits per heavy atom. The van der Waals surface area contributed by atoms with Crippen LogP contribution in [0.2, 0.25) is 0 Å². The zero-order valence-corrected chi connectivity index (χ0v) is 11.8. The van der Waals surface area contributed by atoms with Crippen molar-refractivity contribution in [2.24, 2.45) is 11.7 Å². The van der Waals surface area contributed by atoms with Gasteiger partial charge in [0.2, 0.25) is 5.91 Å². The van der Waals surface area contributed by atoms with E-state index in [1.54, 1.807) is 18.2 Å². The minimum Gasteiger partial charge on any atom is -0.354 e. The number of carbonyl (C=O) groups is 1. The summed E-state index contributed by atoms with van der Waals surface area (Å²) < 4.78 is 0. The molecule has 7 heteroatoms. The number of amides is 1. The molecule has 0 bridgehead atoms. The molecular weight excluding hydrogens is 282 g/mol. The number of halogens is 1. The van der Waals surface area contributed by atoms with E-state index in [4.69, 9.17) is 5.73 Å². The Balaban J connectivity index is 0.00000200. The Bertz CT molecular complexity index is 492. The average Bonchev–Trinajstić information content (AvgIpc) is 3.20. The molecule has 1 unspecified atom stereocenters. The van der Waals surface area contributed by atoms with Crippen LogP contribution in [0.25, 0.3) is 0 Å². The fourth-order valence-electron chi connectivity index (χ4n) is 2.00. The molecule has 1 aliphatic rings. The highest BCUT2D eigenvalue weighted by atomic mass is 35.5. The number of nitro groups is 1. The molecule has 20 heavy (non-hydrogen) atoms. The van der Waals surface area contributed by atoms with E-state index in [0.717, 1.165) is 12.8 Å². The first-order valence-electron chi connectivity index (χ1n) is 6.32. The summed E-state index contributed by atoms with van der Waals surface area (Å²) in [7, 11) is 0. The molecule has 0 radical (unpaired) electrons. The molecule has 2 rings (SSSR count). The van der Waals surface area contributed by atoms with Crippen LogP contribution in [0.1, 0.15) is 18.4 Å². The second-order valence-corrected chi connectivity index (χ2v) is 4.87. The van der Waals surface area contributed by atoms with Crippen LogP contribution in [-0.4, -0.2) is 23.4 Å². The predicted octanol–water partition coefficient (Wildman–Crippen LogP) is 1.41. The Morgan fingerprint density at radius 1 is 1.45 bits per heavy atom. The van der Waals surface area contributed by atoms with Crippen molar-refractivity contribution < 1.29 is 9.72 Å². The molecule has 1 aliphatic carbocycles. The molecule has 110 valence electrons. The monoisotopic (exact) mass is 299 g/mol. The van der Waals surface area contributed by atoms with Gasteiger partial charge in [-0.2, -0.15) is 0 Å². The van der Waals surface area contributed by atoms with E-state index in [-0.39, 0.29) is 36.5 Å². The summed E-state index contributed by atoms with van der Waals surface area (Å²) in [5, 5.41) is 13.6. The van der Waals surface area contributed by atoms with Crippen LogP contribution in [0.4, 0.5) is 5.69 Å². The molecule has 1 amide bonds. The number of rotatable bonds is 6. The lowest BCUT2D eigenvalue weighted by Gasteiger charge is -2.11. The summed E-state index contributed by atoms with van der Waals surface area (Å²) in [5.41, 5.74) is 6.27.